The lowest BCUT2D eigenvalue weighted by atomic mass is 9.84. The van der Waals surface area contributed by atoms with Gasteiger partial charge in [-0.3, -0.25) is 14.5 Å². The van der Waals surface area contributed by atoms with Crippen LogP contribution in [0.4, 0.5) is 5.69 Å². The standard InChI is InChI=1S/C22H24N2O2S/c1-4-19(26)24-16-9-6-5-8-14(16)12-15-20(17(25)13-22(2,3)23-15)21(24)18-10-7-11-27-18/h5-11,21,23H,4,12-13H2,1-3H3. The molecule has 0 spiro atoms. The lowest BCUT2D eigenvalue weighted by Gasteiger charge is -2.38. The minimum absolute atomic E-state index is 0.0345. The Morgan fingerprint density at radius 1 is 1.26 bits per heavy atom. The summed E-state index contributed by atoms with van der Waals surface area (Å²) in [6.45, 7) is 5.99. The maximum Gasteiger partial charge on any atom is 0.227 e. The molecule has 3 heterocycles. The highest BCUT2D eigenvalue weighted by atomic mass is 32.1. The number of nitrogens with one attached hydrogen (secondary N) is 1. The fourth-order valence-corrected chi connectivity index (χ4v) is 4.98. The van der Waals surface area contributed by atoms with Crippen molar-refractivity contribution in [3.8, 4) is 0 Å². The molecule has 2 aliphatic heterocycles. The highest BCUT2D eigenvalue weighted by Crippen LogP contribution is 2.44. The molecule has 0 saturated carbocycles. The molecule has 4 rings (SSSR count). The van der Waals surface area contributed by atoms with E-state index in [0.717, 1.165) is 27.4 Å². The molecule has 1 aromatic carbocycles. The Labute approximate surface area is 163 Å². The van der Waals surface area contributed by atoms with Gasteiger partial charge in [0.05, 0.1) is 0 Å². The monoisotopic (exact) mass is 380 g/mol. The lowest BCUT2D eigenvalue weighted by molar-refractivity contribution is -0.119. The maximum atomic E-state index is 13.3. The molecule has 0 saturated heterocycles. The molecule has 0 bridgehead atoms. The molecule has 0 aliphatic carbocycles. The summed E-state index contributed by atoms with van der Waals surface area (Å²) in [5, 5.41) is 5.61. The number of hydrogen-bond donors (Lipinski definition) is 1. The van der Waals surface area contributed by atoms with Crippen molar-refractivity contribution in [2.24, 2.45) is 0 Å². The molecule has 1 N–H and O–H groups in total. The molecule has 0 radical (unpaired) electrons. The summed E-state index contributed by atoms with van der Waals surface area (Å²) in [6.07, 6.45) is 1.46. The van der Waals surface area contributed by atoms with Gasteiger partial charge in [0, 0.05) is 46.6 Å². The number of anilines is 1. The van der Waals surface area contributed by atoms with Gasteiger partial charge in [0.25, 0.3) is 0 Å². The molecule has 1 amide bonds. The van der Waals surface area contributed by atoms with E-state index in [9.17, 15) is 9.59 Å². The molecule has 140 valence electrons. The van der Waals surface area contributed by atoms with Crippen LogP contribution in [0.25, 0.3) is 0 Å². The Kier molecular flexibility index (Phi) is 4.42. The zero-order chi connectivity index (χ0) is 19.2. The molecule has 1 aromatic heterocycles. The van der Waals surface area contributed by atoms with Gasteiger partial charge in [-0.05, 0) is 36.9 Å². The minimum atomic E-state index is -0.368. The number of carbonyl (C=O) groups is 2. The first-order valence-electron chi connectivity index (χ1n) is 9.39. The summed E-state index contributed by atoms with van der Waals surface area (Å²) in [7, 11) is 0. The van der Waals surface area contributed by atoms with Crippen molar-refractivity contribution in [2.75, 3.05) is 4.90 Å². The van der Waals surface area contributed by atoms with Crippen LogP contribution in [0.2, 0.25) is 0 Å². The van der Waals surface area contributed by atoms with Crippen LogP contribution in [0.5, 0.6) is 0 Å². The number of allylic oxidation sites excluding steroid dienone is 1. The first-order valence-corrected chi connectivity index (χ1v) is 10.3. The minimum Gasteiger partial charge on any atom is -0.382 e. The number of Topliss-reactive ketones (excluding diaryl/α,β-unsaturated/α-hetero) is 1. The van der Waals surface area contributed by atoms with Crippen molar-refractivity contribution < 1.29 is 9.59 Å². The highest BCUT2D eigenvalue weighted by Gasteiger charge is 2.42. The van der Waals surface area contributed by atoms with Crippen LogP contribution in [-0.4, -0.2) is 17.2 Å². The van der Waals surface area contributed by atoms with E-state index < -0.39 is 0 Å². The van der Waals surface area contributed by atoms with Crippen molar-refractivity contribution in [3.63, 3.8) is 0 Å². The Morgan fingerprint density at radius 2 is 2.04 bits per heavy atom. The third-order valence-electron chi connectivity index (χ3n) is 5.25. The van der Waals surface area contributed by atoms with E-state index in [4.69, 9.17) is 0 Å². The van der Waals surface area contributed by atoms with Crippen LogP contribution >= 0.6 is 11.3 Å². The molecule has 2 aromatic rings. The summed E-state index contributed by atoms with van der Waals surface area (Å²) < 4.78 is 0. The fraction of sp³-hybridized carbons (Fsp3) is 0.364. The maximum absolute atomic E-state index is 13.3. The van der Waals surface area contributed by atoms with Gasteiger partial charge in [-0.25, -0.2) is 0 Å². The third-order valence-corrected chi connectivity index (χ3v) is 6.18. The van der Waals surface area contributed by atoms with Crippen LogP contribution in [0.3, 0.4) is 0 Å². The lowest BCUT2D eigenvalue weighted by Crippen LogP contribution is -2.48. The second-order valence-electron chi connectivity index (χ2n) is 7.84. The average molecular weight is 381 g/mol. The number of amides is 1. The van der Waals surface area contributed by atoms with E-state index >= 15 is 0 Å². The Hall–Kier alpha value is -2.40. The van der Waals surface area contributed by atoms with E-state index in [1.807, 2.05) is 47.5 Å². The third kappa shape index (κ3) is 3.10. The molecule has 2 aliphatic rings. The SMILES string of the molecule is CCC(=O)N1c2ccccc2CC2=C(C(=O)CC(C)(C)N2)C1c1cccs1. The Balaban J connectivity index is 2.00. The second-order valence-corrected chi connectivity index (χ2v) is 8.82. The zero-order valence-corrected chi connectivity index (χ0v) is 16.7. The number of fused-ring (bicyclic) bond motifs is 1. The summed E-state index contributed by atoms with van der Waals surface area (Å²) in [6, 6.07) is 11.6. The number of hydrogen-bond acceptors (Lipinski definition) is 4. The van der Waals surface area contributed by atoms with Gasteiger partial charge < -0.3 is 5.32 Å². The fourth-order valence-electron chi connectivity index (χ4n) is 4.16. The number of para-hydroxylation sites is 1. The molecule has 1 atom stereocenters. The summed E-state index contributed by atoms with van der Waals surface area (Å²) in [5.74, 6) is 0.168. The van der Waals surface area contributed by atoms with E-state index in [2.05, 4.69) is 25.2 Å². The first-order chi connectivity index (χ1) is 12.9. The quantitative estimate of drug-likeness (QED) is 0.841. The van der Waals surface area contributed by atoms with Gasteiger partial charge >= 0.3 is 0 Å². The van der Waals surface area contributed by atoms with E-state index in [-0.39, 0.29) is 23.3 Å². The zero-order valence-electron chi connectivity index (χ0n) is 15.9. The van der Waals surface area contributed by atoms with E-state index in [1.54, 1.807) is 11.3 Å². The number of benzene rings is 1. The van der Waals surface area contributed by atoms with Gasteiger partial charge in [0.1, 0.15) is 6.04 Å². The smallest absolute Gasteiger partial charge is 0.227 e. The largest absolute Gasteiger partial charge is 0.382 e. The highest BCUT2D eigenvalue weighted by molar-refractivity contribution is 7.10. The van der Waals surface area contributed by atoms with Crippen molar-refractivity contribution in [1.82, 2.24) is 5.32 Å². The van der Waals surface area contributed by atoms with Gasteiger partial charge in [0.15, 0.2) is 5.78 Å². The van der Waals surface area contributed by atoms with E-state index in [0.29, 0.717) is 19.3 Å². The summed E-state index contributed by atoms with van der Waals surface area (Å²) in [5.41, 5.74) is 3.39. The van der Waals surface area contributed by atoms with Crippen LogP contribution in [-0.2, 0) is 16.0 Å². The topological polar surface area (TPSA) is 49.4 Å². The van der Waals surface area contributed by atoms with Gasteiger partial charge in [-0.2, -0.15) is 0 Å². The Bertz CT molecular complexity index is 928. The number of nitrogens with zero attached hydrogens (tertiary/aromatic N) is 1. The molecular weight excluding hydrogens is 356 g/mol. The second kappa shape index (κ2) is 6.64. The number of rotatable bonds is 2. The average Bonchev–Trinajstić information content (AvgIpc) is 3.09. The predicted octanol–water partition coefficient (Wildman–Crippen LogP) is 4.38. The number of thiophene rings is 1. The van der Waals surface area contributed by atoms with Crippen LogP contribution in [0.1, 0.15) is 50.1 Å². The van der Waals surface area contributed by atoms with Crippen LogP contribution < -0.4 is 10.2 Å². The first kappa shape index (κ1) is 18.0. The van der Waals surface area contributed by atoms with Crippen molar-refractivity contribution in [3.05, 3.63) is 63.5 Å². The molecule has 5 heteroatoms. The van der Waals surface area contributed by atoms with Crippen molar-refractivity contribution in [1.29, 1.82) is 0 Å². The number of carbonyl (C=O) groups excluding carboxylic acids is 2. The van der Waals surface area contributed by atoms with Gasteiger partial charge in [-0.15, -0.1) is 11.3 Å². The molecule has 1 unspecified atom stereocenters. The molecular formula is C22H24N2O2S. The van der Waals surface area contributed by atoms with Crippen molar-refractivity contribution >= 4 is 28.7 Å². The summed E-state index contributed by atoms with van der Waals surface area (Å²) in [4.78, 5) is 29.2. The van der Waals surface area contributed by atoms with Crippen LogP contribution in [0, 0.1) is 0 Å². The number of ketones is 1. The van der Waals surface area contributed by atoms with Gasteiger partial charge in [-0.1, -0.05) is 31.2 Å². The van der Waals surface area contributed by atoms with Gasteiger partial charge in [0.2, 0.25) is 5.91 Å². The molecule has 27 heavy (non-hydrogen) atoms. The van der Waals surface area contributed by atoms with Crippen molar-refractivity contribution in [2.45, 2.75) is 51.6 Å². The Morgan fingerprint density at radius 3 is 2.74 bits per heavy atom. The predicted molar refractivity (Wildman–Crippen MR) is 109 cm³/mol. The summed E-state index contributed by atoms with van der Waals surface area (Å²) >= 11 is 1.59. The normalized spacial score (nSPS) is 21.2. The molecule has 4 nitrogen and oxygen atoms in total. The van der Waals surface area contributed by atoms with Crippen LogP contribution in [0.15, 0.2) is 53.0 Å². The van der Waals surface area contributed by atoms with E-state index in [1.165, 1.54) is 0 Å². The molecule has 0 fully saturated rings.